The number of nitrogens with zero attached hydrogens (tertiary/aromatic N) is 4. The second-order valence-electron chi connectivity index (χ2n) is 18.5. The second kappa shape index (κ2) is 28.6. The van der Waals surface area contributed by atoms with E-state index in [0.29, 0.717) is 30.0 Å². The number of amides is 1. The molecule has 0 aliphatic rings. The lowest BCUT2D eigenvalue weighted by molar-refractivity contribution is -0.110. The molecule has 0 aliphatic carbocycles. The topological polar surface area (TPSA) is 181 Å². The molecule has 0 aliphatic heterocycles. The zero-order chi connectivity index (χ0) is 54.0. The van der Waals surface area contributed by atoms with Gasteiger partial charge in [0.1, 0.15) is 5.75 Å². The first-order valence-corrected chi connectivity index (χ1v) is 30.2. The van der Waals surface area contributed by atoms with E-state index in [2.05, 4.69) is 21.7 Å². The molecule has 3 N–H and O–H groups in total. The number of likely N-dealkylation sites (N-methyl/N-ethyl adjacent to an activating group) is 1. The highest BCUT2D eigenvalue weighted by molar-refractivity contribution is 7.92. The molecule has 1 aromatic heterocycles. The summed E-state index contributed by atoms with van der Waals surface area (Å²) in [5.41, 5.74) is 1.40. The minimum Gasteiger partial charge on any atom is -0.491 e. The highest BCUT2D eigenvalue weighted by Gasteiger charge is 2.27. The van der Waals surface area contributed by atoms with Gasteiger partial charge in [-0.15, -0.1) is 0 Å². The molecule has 402 valence electrons. The van der Waals surface area contributed by atoms with Gasteiger partial charge < -0.3 is 15.0 Å². The number of carbonyl (C=O) groups excluding carboxylic acids is 1. The first kappa shape index (κ1) is 58.8. The lowest BCUT2D eigenvalue weighted by Crippen LogP contribution is -2.34. The minimum atomic E-state index is -4.29. The average molecular weight is 1120 g/mol. The Bertz CT molecular complexity index is 3210. The molecule has 0 saturated heterocycles. The van der Waals surface area contributed by atoms with Crippen LogP contribution in [-0.4, -0.2) is 70.5 Å². The summed E-state index contributed by atoms with van der Waals surface area (Å²) in [5.74, 6) is -0.847. The Morgan fingerprint density at radius 3 is 2.00 bits per heavy atom. The minimum absolute atomic E-state index is 0.00710. The predicted octanol–water partition coefficient (Wildman–Crippen LogP) is 13.5. The van der Waals surface area contributed by atoms with Crippen LogP contribution in [0.1, 0.15) is 115 Å². The van der Waals surface area contributed by atoms with Crippen LogP contribution in [0.15, 0.2) is 118 Å². The van der Waals surface area contributed by atoms with Gasteiger partial charge in [-0.2, -0.15) is 0 Å². The number of aryl methyl sites for hydroxylation is 1. The van der Waals surface area contributed by atoms with Crippen LogP contribution in [-0.2, 0) is 24.8 Å². The molecule has 0 bridgehead atoms. The van der Waals surface area contributed by atoms with Gasteiger partial charge in [0.25, 0.3) is 21.5 Å². The van der Waals surface area contributed by atoms with E-state index in [1.807, 2.05) is 17.9 Å². The van der Waals surface area contributed by atoms with Gasteiger partial charge in [0.05, 0.1) is 61.5 Å². The Balaban J connectivity index is 1.36. The van der Waals surface area contributed by atoms with E-state index >= 15 is 4.79 Å². The maximum atomic E-state index is 15.3. The fourth-order valence-electron chi connectivity index (χ4n) is 8.62. The van der Waals surface area contributed by atoms with Crippen LogP contribution in [0, 0.1) is 6.92 Å². The molecule has 0 atom stereocenters. The van der Waals surface area contributed by atoms with Gasteiger partial charge in [0, 0.05) is 30.3 Å². The van der Waals surface area contributed by atoms with Crippen molar-refractivity contribution in [1.82, 2.24) is 14.3 Å². The van der Waals surface area contributed by atoms with E-state index in [1.54, 1.807) is 67.6 Å². The molecule has 0 unspecified atom stereocenters. The number of para-hydroxylation sites is 2. The molecule has 0 saturated carbocycles. The molecule has 5 aromatic carbocycles. The van der Waals surface area contributed by atoms with Gasteiger partial charge >= 0.3 is 0 Å². The van der Waals surface area contributed by atoms with Gasteiger partial charge in [-0.1, -0.05) is 156 Å². The van der Waals surface area contributed by atoms with Crippen molar-refractivity contribution in [1.29, 1.82) is 0 Å². The Hall–Kier alpha value is -5.49. The van der Waals surface area contributed by atoms with Gasteiger partial charge in [-0.25, -0.2) is 31.5 Å². The lowest BCUT2D eigenvalue weighted by Gasteiger charge is -2.24. The predicted molar refractivity (Wildman–Crippen MR) is 309 cm³/mol. The zero-order valence-corrected chi connectivity index (χ0v) is 47.0. The van der Waals surface area contributed by atoms with Crippen LogP contribution >= 0.6 is 34.8 Å². The standard InChI is InChI=1S/C56H68Cl3N7O7S2/c1-5-7-8-9-10-11-12-13-14-15-16-17-18-24-35-73-51-32-30-44(75(71,72)64-49-28-23-22-27-46(49)58)39-50(51)62-55(67)53(61-48-31-29-43(36-40(48)3)65(6-2)34-33-60-74(4,69)70)54-63-52-45(37-41(57)38-47(52)59)56(68)66(54)42-25-20-19-21-26-42/h19-23,25-32,36-39,60,64H,5-18,24,33-35H2,1-4H3,(H,62,67). The van der Waals surface area contributed by atoms with Crippen molar-refractivity contribution in [3.05, 3.63) is 140 Å². The number of unbranched alkanes of at least 4 members (excludes halogenated alkanes) is 13. The molecule has 0 fully saturated rings. The number of carbonyl (C=O) groups is 1. The number of anilines is 3. The van der Waals surface area contributed by atoms with E-state index in [9.17, 15) is 21.6 Å². The Morgan fingerprint density at radius 1 is 0.733 bits per heavy atom. The summed E-state index contributed by atoms with van der Waals surface area (Å²) in [6.45, 7) is 7.40. The van der Waals surface area contributed by atoms with Crippen molar-refractivity contribution in [3.63, 3.8) is 0 Å². The monoisotopic (exact) mass is 1120 g/mol. The molecule has 14 nitrogen and oxygen atoms in total. The Kier molecular flexibility index (Phi) is 22.4. The largest absolute Gasteiger partial charge is 0.491 e. The number of aromatic nitrogens is 2. The molecular formula is C56H68Cl3N7O7S2. The summed E-state index contributed by atoms with van der Waals surface area (Å²) in [5, 5.41) is 3.44. The Morgan fingerprint density at radius 2 is 1.37 bits per heavy atom. The Labute approximate surface area is 457 Å². The van der Waals surface area contributed by atoms with E-state index in [0.717, 1.165) is 37.6 Å². The number of fused-ring (bicyclic) bond motifs is 1. The number of aliphatic imine (C=N–C) groups is 1. The number of nitrogens with one attached hydrogen (secondary N) is 3. The zero-order valence-electron chi connectivity index (χ0n) is 43.1. The molecule has 0 spiro atoms. The summed E-state index contributed by atoms with van der Waals surface area (Å²) in [4.78, 5) is 41.7. The number of hydrogen-bond donors (Lipinski definition) is 3. The van der Waals surface area contributed by atoms with Crippen LogP contribution in [0.2, 0.25) is 15.1 Å². The van der Waals surface area contributed by atoms with Crippen LogP contribution in [0.4, 0.5) is 22.7 Å². The first-order chi connectivity index (χ1) is 36.0. The summed E-state index contributed by atoms with van der Waals surface area (Å²) in [7, 11) is -7.70. The summed E-state index contributed by atoms with van der Waals surface area (Å²) in [6, 6.07) is 27.5. The van der Waals surface area contributed by atoms with Crippen LogP contribution in [0.5, 0.6) is 5.75 Å². The molecule has 1 amide bonds. The molecule has 75 heavy (non-hydrogen) atoms. The number of hydrogen-bond acceptors (Lipinski definition) is 10. The molecule has 19 heteroatoms. The SMILES string of the molecule is CCCCCCCCCCCCCCCCOc1ccc(S(=O)(=O)Nc2ccccc2Cl)cc1NC(=O)C(=Nc1ccc(N(CC)CCNS(C)(=O)=O)cc1C)c1nc2c(Cl)cc(Cl)cc2c(=O)n1-c1ccccc1. The van der Waals surface area contributed by atoms with Gasteiger partial charge in [-0.05, 0) is 98.6 Å². The van der Waals surface area contributed by atoms with Gasteiger partial charge in [-0.3, -0.25) is 18.9 Å². The van der Waals surface area contributed by atoms with Crippen LogP contribution < -0.4 is 30.0 Å². The number of sulfonamides is 2. The first-order valence-electron chi connectivity index (χ1n) is 25.7. The third-order valence-electron chi connectivity index (χ3n) is 12.6. The third-order valence-corrected chi connectivity index (χ3v) is 15.5. The quantitative estimate of drug-likeness (QED) is 0.0292. The summed E-state index contributed by atoms with van der Waals surface area (Å²) in [6.07, 6.45) is 17.8. The molecule has 6 aromatic rings. The van der Waals surface area contributed by atoms with E-state index in [1.165, 1.54) is 105 Å². The number of halogens is 3. The lowest BCUT2D eigenvalue weighted by atomic mass is 10.0. The van der Waals surface area contributed by atoms with Crippen molar-refractivity contribution in [3.8, 4) is 11.4 Å². The van der Waals surface area contributed by atoms with Crippen LogP contribution in [0.25, 0.3) is 16.6 Å². The normalized spacial score (nSPS) is 12.0. The van der Waals surface area contributed by atoms with E-state index < -0.39 is 31.5 Å². The van der Waals surface area contributed by atoms with Crippen LogP contribution in [0.3, 0.4) is 0 Å². The highest BCUT2D eigenvalue weighted by atomic mass is 35.5. The summed E-state index contributed by atoms with van der Waals surface area (Å²) < 4.78 is 64.3. The van der Waals surface area contributed by atoms with Crippen molar-refractivity contribution in [2.45, 2.75) is 116 Å². The summed E-state index contributed by atoms with van der Waals surface area (Å²) >= 11 is 19.5. The van der Waals surface area contributed by atoms with E-state index in [4.69, 9.17) is 49.5 Å². The number of ether oxygens (including phenoxy) is 1. The molecule has 0 radical (unpaired) electrons. The maximum Gasteiger partial charge on any atom is 0.278 e. The van der Waals surface area contributed by atoms with Crippen molar-refractivity contribution in [2.24, 2.45) is 4.99 Å². The second-order valence-corrected chi connectivity index (χ2v) is 23.3. The highest BCUT2D eigenvalue weighted by Crippen LogP contribution is 2.33. The van der Waals surface area contributed by atoms with E-state index in [-0.39, 0.29) is 72.7 Å². The van der Waals surface area contributed by atoms with Crippen molar-refractivity contribution < 1.29 is 26.4 Å². The smallest absolute Gasteiger partial charge is 0.278 e. The third kappa shape index (κ3) is 17.3. The fourth-order valence-corrected chi connectivity index (χ4v) is 11.0. The van der Waals surface area contributed by atoms with Crippen molar-refractivity contribution >= 4 is 100 Å². The number of benzene rings is 5. The molecule has 6 rings (SSSR count). The fraction of sp³-hybridized carbons (Fsp3) is 0.393. The maximum absolute atomic E-state index is 15.3. The van der Waals surface area contributed by atoms with Gasteiger partial charge in [0.2, 0.25) is 10.0 Å². The average Bonchev–Trinajstić information content (AvgIpc) is 3.37. The van der Waals surface area contributed by atoms with Gasteiger partial charge in [0.15, 0.2) is 11.5 Å². The molecular weight excluding hydrogens is 1050 g/mol. The molecule has 1 heterocycles. The number of rotatable bonds is 30. The van der Waals surface area contributed by atoms with Crippen molar-refractivity contribution in [2.75, 3.05) is 47.4 Å².